The summed E-state index contributed by atoms with van der Waals surface area (Å²) < 4.78 is 0. The maximum atomic E-state index is 12.6. The van der Waals surface area contributed by atoms with Crippen LogP contribution in [0.25, 0.3) is 21.5 Å². The molecule has 2 heterocycles. The Morgan fingerprint density at radius 1 is 1.16 bits per heavy atom. The number of thiophene rings is 1. The van der Waals surface area contributed by atoms with Gasteiger partial charge in [0.05, 0.1) is 11.4 Å². The van der Waals surface area contributed by atoms with E-state index in [1.54, 1.807) is 0 Å². The molecular weight excluding hydrogens is 354 g/mol. The van der Waals surface area contributed by atoms with Gasteiger partial charge in [0.15, 0.2) is 0 Å². The number of aromatic nitrogens is 1. The van der Waals surface area contributed by atoms with Gasteiger partial charge in [-0.25, -0.2) is 4.98 Å². The smallest absolute Gasteiger partial charge is 0.263 e. The molecule has 0 atom stereocenters. The molecule has 2 aromatic heterocycles. The molecule has 0 bridgehead atoms. The fraction of sp³-hybridized carbons (Fsp3) is 0.263. The molecule has 1 amide bonds. The zero-order chi connectivity index (χ0) is 17.4. The summed E-state index contributed by atoms with van der Waals surface area (Å²) in [5.41, 5.74) is 8.56. The van der Waals surface area contributed by atoms with Crippen LogP contribution in [0.3, 0.4) is 0 Å². The quantitative estimate of drug-likeness (QED) is 0.690. The number of nitrogens with one attached hydrogen (secondary N) is 1. The third-order valence-electron chi connectivity index (χ3n) is 4.63. The largest absolute Gasteiger partial charge is 0.397 e. The van der Waals surface area contributed by atoms with E-state index in [-0.39, 0.29) is 11.9 Å². The first-order valence-electron chi connectivity index (χ1n) is 8.37. The predicted octanol–water partition coefficient (Wildman–Crippen LogP) is 4.87. The lowest BCUT2D eigenvalue weighted by atomic mass is 10.1. The monoisotopic (exact) mass is 371 g/mol. The molecule has 0 unspecified atom stereocenters. The molecule has 128 valence electrons. The van der Waals surface area contributed by atoms with Crippen molar-refractivity contribution in [1.82, 2.24) is 10.3 Å². The van der Waals surface area contributed by atoms with Gasteiger partial charge in [0.1, 0.15) is 9.71 Å². The van der Waals surface area contributed by atoms with E-state index >= 15 is 0 Å². The van der Waals surface area contributed by atoms with Crippen molar-refractivity contribution in [3.8, 4) is 11.3 Å². The molecule has 4 nitrogen and oxygen atoms in total. The summed E-state index contributed by atoms with van der Waals surface area (Å²) in [7, 11) is 0. The molecule has 3 aromatic rings. The maximum absolute atomic E-state index is 12.6. The summed E-state index contributed by atoms with van der Waals surface area (Å²) in [6.07, 6.45) is 4.46. The summed E-state index contributed by atoms with van der Waals surface area (Å²) in [6.45, 7) is 0. The van der Waals surface area contributed by atoms with Crippen LogP contribution in [0.15, 0.2) is 36.4 Å². The van der Waals surface area contributed by atoms with Crippen LogP contribution in [-0.4, -0.2) is 16.9 Å². The number of hydrogen-bond acceptors (Lipinski definition) is 4. The summed E-state index contributed by atoms with van der Waals surface area (Å²) in [5.74, 6) is -0.0829. The first kappa shape index (κ1) is 16.4. The molecule has 1 aliphatic rings. The lowest BCUT2D eigenvalue weighted by Gasteiger charge is -2.10. The average molecular weight is 372 g/mol. The van der Waals surface area contributed by atoms with Gasteiger partial charge in [0.25, 0.3) is 5.91 Å². The Bertz CT molecular complexity index is 930. The third kappa shape index (κ3) is 3.22. The van der Waals surface area contributed by atoms with Gasteiger partial charge in [-0.1, -0.05) is 36.6 Å². The molecule has 6 heteroatoms. The minimum atomic E-state index is -0.0829. The van der Waals surface area contributed by atoms with Gasteiger partial charge in [-0.3, -0.25) is 4.79 Å². The highest BCUT2D eigenvalue weighted by Gasteiger charge is 2.22. The Kier molecular flexibility index (Phi) is 4.36. The Labute approximate surface area is 155 Å². The van der Waals surface area contributed by atoms with E-state index in [9.17, 15) is 4.79 Å². The van der Waals surface area contributed by atoms with Crippen LogP contribution >= 0.6 is 22.9 Å². The zero-order valence-corrected chi connectivity index (χ0v) is 15.2. The second kappa shape index (κ2) is 6.65. The molecule has 25 heavy (non-hydrogen) atoms. The number of carbonyl (C=O) groups is 1. The van der Waals surface area contributed by atoms with Crippen molar-refractivity contribution < 1.29 is 4.79 Å². The molecule has 0 saturated heterocycles. The van der Waals surface area contributed by atoms with Gasteiger partial charge in [-0.15, -0.1) is 11.3 Å². The summed E-state index contributed by atoms with van der Waals surface area (Å²) in [4.78, 5) is 18.6. The maximum Gasteiger partial charge on any atom is 0.263 e. The number of anilines is 1. The number of nitrogens with zero attached hydrogens (tertiary/aromatic N) is 1. The zero-order valence-electron chi connectivity index (χ0n) is 13.6. The van der Waals surface area contributed by atoms with E-state index in [1.807, 2.05) is 36.4 Å². The predicted molar refractivity (Wildman–Crippen MR) is 104 cm³/mol. The van der Waals surface area contributed by atoms with Gasteiger partial charge in [-0.05, 0) is 37.1 Å². The van der Waals surface area contributed by atoms with Gasteiger partial charge in [-0.2, -0.15) is 0 Å². The number of fused-ring (bicyclic) bond motifs is 1. The number of rotatable bonds is 3. The van der Waals surface area contributed by atoms with Crippen molar-refractivity contribution >= 4 is 44.7 Å². The minimum absolute atomic E-state index is 0.0829. The van der Waals surface area contributed by atoms with Crippen LogP contribution in [0, 0.1) is 0 Å². The summed E-state index contributed by atoms with van der Waals surface area (Å²) >= 11 is 7.30. The molecule has 0 aliphatic heterocycles. The number of nitrogen functional groups attached to an aromatic ring is 1. The Morgan fingerprint density at radius 2 is 1.88 bits per heavy atom. The first-order valence-corrected chi connectivity index (χ1v) is 9.57. The highest BCUT2D eigenvalue weighted by atomic mass is 35.5. The molecule has 4 rings (SSSR count). The number of carbonyl (C=O) groups excluding carboxylic acids is 1. The van der Waals surface area contributed by atoms with Crippen molar-refractivity contribution in [3.05, 3.63) is 46.3 Å². The molecule has 1 fully saturated rings. The number of amides is 1. The van der Waals surface area contributed by atoms with E-state index in [0.29, 0.717) is 15.6 Å². The highest BCUT2D eigenvalue weighted by molar-refractivity contribution is 7.21. The SMILES string of the molecule is Nc1c(C(=O)NC2CCCC2)sc2nc(-c3ccc(Cl)cc3)ccc12. The van der Waals surface area contributed by atoms with E-state index in [2.05, 4.69) is 10.3 Å². The summed E-state index contributed by atoms with van der Waals surface area (Å²) in [6, 6.07) is 11.7. The number of hydrogen-bond donors (Lipinski definition) is 2. The lowest BCUT2D eigenvalue weighted by molar-refractivity contribution is 0.0943. The second-order valence-electron chi connectivity index (χ2n) is 6.36. The van der Waals surface area contributed by atoms with Crippen molar-refractivity contribution in [2.75, 3.05) is 5.73 Å². The van der Waals surface area contributed by atoms with E-state index < -0.39 is 0 Å². The minimum Gasteiger partial charge on any atom is -0.397 e. The number of nitrogens with two attached hydrogens (primary N) is 1. The molecule has 0 spiro atoms. The Morgan fingerprint density at radius 3 is 2.60 bits per heavy atom. The van der Waals surface area contributed by atoms with Crippen molar-refractivity contribution in [3.63, 3.8) is 0 Å². The fourth-order valence-electron chi connectivity index (χ4n) is 3.27. The molecule has 0 radical (unpaired) electrons. The topological polar surface area (TPSA) is 68.0 Å². The van der Waals surface area contributed by atoms with Gasteiger partial charge in [0, 0.05) is 22.0 Å². The van der Waals surface area contributed by atoms with E-state index in [4.69, 9.17) is 17.3 Å². The number of benzene rings is 1. The van der Waals surface area contributed by atoms with Crippen molar-refractivity contribution in [2.24, 2.45) is 0 Å². The summed E-state index contributed by atoms with van der Waals surface area (Å²) in [5, 5.41) is 4.62. The molecule has 1 aromatic carbocycles. The highest BCUT2D eigenvalue weighted by Crippen LogP contribution is 2.34. The van der Waals surface area contributed by atoms with Crippen molar-refractivity contribution in [2.45, 2.75) is 31.7 Å². The van der Waals surface area contributed by atoms with Gasteiger partial charge < -0.3 is 11.1 Å². The Hall–Kier alpha value is -2.11. The average Bonchev–Trinajstić information content (AvgIpc) is 3.23. The second-order valence-corrected chi connectivity index (χ2v) is 7.79. The standard InChI is InChI=1S/C19H18ClN3OS/c20-12-7-5-11(6-8-12)15-10-9-14-16(21)17(25-19(14)23-15)18(24)22-13-3-1-2-4-13/h5-10,13H,1-4,21H2,(H,22,24). The number of halogens is 1. The number of pyridine rings is 1. The van der Waals surface area contributed by atoms with Gasteiger partial charge >= 0.3 is 0 Å². The van der Waals surface area contributed by atoms with Crippen LogP contribution in [0.4, 0.5) is 5.69 Å². The van der Waals surface area contributed by atoms with Crippen LogP contribution in [0.2, 0.25) is 5.02 Å². The molecule has 1 aliphatic carbocycles. The lowest BCUT2D eigenvalue weighted by Crippen LogP contribution is -2.32. The van der Waals surface area contributed by atoms with Crippen LogP contribution in [0.1, 0.15) is 35.4 Å². The Balaban J connectivity index is 1.66. The van der Waals surface area contributed by atoms with Gasteiger partial charge in [0.2, 0.25) is 0 Å². The normalized spacial score (nSPS) is 14.9. The van der Waals surface area contributed by atoms with Crippen LogP contribution < -0.4 is 11.1 Å². The first-order chi connectivity index (χ1) is 12.1. The molecule has 3 N–H and O–H groups in total. The molecular formula is C19H18ClN3OS. The van der Waals surface area contributed by atoms with Crippen LogP contribution in [0.5, 0.6) is 0 Å². The van der Waals surface area contributed by atoms with E-state index in [0.717, 1.165) is 34.3 Å². The molecule has 1 saturated carbocycles. The fourth-order valence-corrected chi connectivity index (χ4v) is 4.39. The third-order valence-corrected chi connectivity index (χ3v) is 6.00. The van der Waals surface area contributed by atoms with Crippen molar-refractivity contribution in [1.29, 1.82) is 0 Å². The van der Waals surface area contributed by atoms with Crippen LogP contribution in [-0.2, 0) is 0 Å². The van der Waals surface area contributed by atoms with E-state index in [1.165, 1.54) is 24.2 Å².